The number of carbonyl (C=O) groups excluding carboxylic acids is 2. The van der Waals surface area contributed by atoms with E-state index in [0.717, 1.165) is 36.9 Å². The predicted octanol–water partition coefficient (Wildman–Crippen LogP) is 0.339. The molecule has 0 aromatic carbocycles. The fourth-order valence-electron chi connectivity index (χ4n) is 3.13. The van der Waals surface area contributed by atoms with Crippen molar-refractivity contribution in [2.75, 3.05) is 4.90 Å². The summed E-state index contributed by atoms with van der Waals surface area (Å²) in [6, 6.07) is 2.08. The van der Waals surface area contributed by atoms with E-state index in [4.69, 9.17) is 11.5 Å². The number of fused-ring (bicyclic) bond motifs is 1. The van der Waals surface area contributed by atoms with Gasteiger partial charge in [0.1, 0.15) is 5.69 Å². The molecule has 1 saturated carbocycles. The maximum atomic E-state index is 12.2. The highest BCUT2D eigenvalue weighted by Gasteiger charge is 2.35. The Balaban J connectivity index is 1.88. The van der Waals surface area contributed by atoms with E-state index < -0.39 is 5.91 Å². The Morgan fingerprint density at radius 1 is 1.30 bits per heavy atom. The van der Waals surface area contributed by atoms with Crippen LogP contribution in [0.4, 0.5) is 5.69 Å². The van der Waals surface area contributed by atoms with Gasteiger partial charge in [0.25, 0.3) is 5.91 Å². The van der Waals surface area contributed by atoms with Crippen molar-refractivity contribution in [1.82, 2.24) is 4.98 Å². The summed E-state index contributed by atoms with van der Waals surface area (Å²) in [6.45, 7) is 0. The van der Waals surface area contributed by atoms with Crippen molar-refractivity contribution >= 4 is 17.5 Å². The molecule has 0 bridgehead atoms. The maximum Gasteiger partial charge on any atom is 0.267 e. The van der Waals surface area contributed by atoms with Gasteiger partial charge in [0.2, 0.25) is 5.91 Å². The van der Waals surface area contributed by atoms with Gasteiger partial charge in [0, 0.05) is 12.1 Å². The topological polar surface area (TPSA) is 102 Å². The van der Waals surface area contributed by atoms with Gasteiger partial charge in [0.15, 0.2) is 0 Å². The molecule has 106 valence electrons. The Bertz CT molecular complexity index is 564. The van der Waals surface area contributed by atoms with Crippen molar-refractivity contribution in [2.45, 2.75) is 44.2 Å². The lowest BCUT2D eigenvalue weighted by Gasteiger charge is -2.33. The van der Waals surface area contributed by atoms with Crippen molar-refractivity contribution in [3.63, 3.8) is 0 Å². The predicted molar refractivity (Wildman–Crippen MR) is 74.2 cm³/mol. The van der Waals surface area contributed by atoms with Crippen LogP contribution >= 0.6 is 0 Å². The lowest BCUT2D eigenvalue weighted by atomic mass is 9.91. The van der Waals surface area contributed by atoms with Gasteiger partial charge in [-0.2, -0.15) is 0 Å². The Kier molecular flexibility index (Phi) is 3.17. The number of hydrogen-bond donors (Lipinski definition) is 2. The van der Waals surface area contributed by atoms with E-state index in [1.165, 1.54) is 0 Å². The van der Waals surface area contributed by atoms with Crippen LogP contribution in [0.2, 0.25) is 0 Å². The van der Waals surface area contributed by atoms with Gasteiger partial charge in [-0.15, -0.1) is 0 Å². The second kappa shape index (κ2) is 4.86. The number of nitrogens with two attached hydrogens (primary N) is 2. The molecule has 0 atom stereocenters. The number of carbonyl (C=O) groups is 2. The SMILES string of the molecule is NC(=O)c1cc2c(cn1)N(C1CCC(N)CC1)C(=O)C2. The zero-order valence-electron chi connectivity index (χ0n) is 11.2. The second-order valence-corrected chi connectivity index (χ2v) is 5.57. The van der Waals surface area contributed by atoms with Crippen LogP contribution in [0.5, 0.6) is 0 Å². The molecular weight excluding hydrogens is 256 g/mol. The smallest absolute Gasteiger partial charge is 0.267 e. The van der Waals surface area contributed by atoms with Crippen LogP contribution in [0.25, 0.3) is 0 Å². The third kappa shape index (κ3) is 2.16. The van der Waals surface area contributed by atoms with Gasteiger partial charge < -0.3 is 16.4 Å². The van der Waals surface area contributed by atoms with Gasteiger partial charge in [-0.05, 0) is 37.3 Å². The molecule has 0 radical (unpaired) electrons. The molecular formula is C14H18N4O2. The highest BCUT2D eigenvalue weighted by Crippen LogP contribution is 2.34. The summed E-state index contributed by atoms with van der Waals surface area (Å²) in [5, 5.41) is 0. The van der Waals surface area contributed by atoms with Crippen LogP contribution < -0.4 is 16.4 Å². The average molecular weight is 274 g/mol. The van der Waals surface area contributed by atoms with Crippen LogP contribution in [0, 0.1) is 0 Å². The Morgan fingerprint density at radius 2 is 2.00 bits per heavy atom. The molecule has 6 heteroatoms. The van der Waals surface area contributed by atoms with Crippen LogP contribution in [0.3, 0.4) is 0 Å². The monoisotopic (exact) mass is 274 g/mol. The minimum Gasteiger partial charge on any atom is -0.364 e. The lowest BCUT2D eigenvalue weighted by molar-refractivity contribution is -0.118. The molecule has 0 saturated heterocycles. The Labute approximate surface area is 117 Å². The number of rotatable bonds is 2. The molecule has 3 rings (SSSR count). The Morgan fingerprint density at radius 3 is 2.65 bits per heavy atom. The fourth-order valence-corrected chi connectivity index (χ4v) is 3.13. The first-order valence-corrected chi connectivity index (χ1v) is 6.92. The third-order valence-electron chi connectivity index (χ3n) is 4.19. The van der Waals surface area contributed by atoms with Crippen LogP contribution in [-0.4, -0.2) is 28.9 Å². The van der Waals surface area contributed by atoms with Gasteiger partial charge >= 0.3 is 0 Å². The maximum absolute atomic E-state index is 12.2. The highest BCUT2D eigenvalue weighted by atomic mass is 16.2. The number of anilines is 1. The number of amides is 2. The van der Waals surface area contributed by atoms with Crippen LogP contribution in [0.15, 0.2) is 12.3 Å². The zero-order chi connectivity index (χ0) is 14.3. The lowest BCUT2D eigenvalue weighted by Crippen LogP contribution is -2.42. The van der Waals surface area contributed by atoms with Gasteiger partial charge in [-0.25, -0.2) is 4.98 Å². The molecule has 1 aromatic heterocycles. The summed E-state index contributed by atoms with van der Waals surface area (Å²) in [4.78, 5) is 29.3. The van der Waals surface area contributed by atoms with Gasteiger partial charge in [0.05, 0.1) is 18.3 Å². The third-order valence-corrected chi connectivity index (χ3v) is 4.19. The molecule has 1 aliphatic heterocycles. The minimum absolute atomic E-state index is 0.0730. The van der Waals surface area contributed by atoms with Crippen LogP contribution in [0.1, 0.15) is 41.7 Å². The minimum atomic E-state index is -0.567. The van der Waals surface area contributed by atoms with Crippen molar-refractivity contribution in [2.24, 2.45) is 11.5 Å². The number of pyridine rings is 1. The van der Waals surface area contributed by atoms with Crippen molar-refractivity contribution < 1.29 is 9.59 Å². The summed E-state index contributed by atoms with van der Waals surface area (Å²) in [5.41, 5.74) is 13.0. The summed E-state index contributed by atoms with van der Waals surface area (Å²) >= 11 is 0. The normalized spacial score (nSPS) is 25.6. The number of primary amides is 1. The van der Waals surface area contributed by atoms with E-state index >= 15 is 0 Å². The molecule has 2 aliphatic rings. The molecule has 0 spiro atoms. The average Bonchev–Trinajstić information content (AvgIpc) is 2.74. The van der Waals surface area contributed by atoms with Gasteiger partial charge in [-0.3, -0.25) is 9.59 Å². The number of aromatic nitrogens is 1. The number of nitrogens with zero attached hydrogens (tertiary/aromatic N) is 2. The van der Waals surface area contributed by atoms with E-state index in [9.17, 15) is 9.59 Å². The van der Waals surface area contributed by atoms with E-state index in [0.29, 0.717) is 6.42 Å². The number of hydrogen-bond acceptors (Lipinski definition) is 4. The summed E-state index contributed by atoms with van der Waals surface area (Å²) in [5.74, 6) is -0.494. The first-order valence-electron chi connectivity index (χ1n) is 6.92. The van der Waals surface area contributed by atoms with Crippen molar-refractivity contribution in [1.29, 1.82) is 0 Å². The molecule has 6 nitrogen and oxygen atoms in total. The standard InChI is InChI=1S/C14H18N4O2/c15-9-1-3-10(4-2-9)18-12-7-17-11(14(16)20)5-8(12)6-13(18)19/h5,7,9-10H,1-4,6,15H2,(H2,16,20). The van der Waals surface area contributed by atoms with Crippen molar-refractivity contribution in [3.05, 3.63) is 23.5 Å². The molecule has 0 unspecified atom stereocenters. The molecule has 1 fully saturated rings. The summed E-state index contributed by atoms with van der Waals surface area (Å²) in [7, 11) is 0. The fraction of sp³-hybridized carbons (Fsp3) is 0.500. The molecule has 2 amide bonds. The van der Waals surface area contributed by atoms with E-state index in [1.54, 1.807) is 12.3 Å². The molecule has 4 N–H and O–H groups in total. The molecule has 1 aliphatic carbocycles. The molecule has 2 heterocycles. The summed E-state index contributed by atoms with van der Waals surface area (Å²) in [6.07, 6.45) is 5.64. The van der Waals surface area contributed by atoms with E-state index in [2.05, 4.69) is 4.98 Å². The van der Waals surface area contributed by atoms with E-state index in [1.807, 2.05) is 4.90 Å². The summed E-state index contributed by atoms with van der Waals surface area (Å²) < 4.78 is 0. The van der Waals surface area contributed by atoms with E-state index in [-0.39, 0.29) is 23.7 Å². The first kappa shape index (κ1) is 13.1. The second-order valence-electron chi connectivity index (χ2n) is 5.57. The van der Waals surface area contributed by atoms with Crippen molar-refractivity contribution in [3.8, 4) is 0 Å². The quantitative estimate of drug-likeness (QED) is 0.811. The zero-order valence-corrected chi connectivity index (χ0v) is 11.2. The largest absolute Gasteiger partial charge is 0.364 e. The first-order chi connectivity index (χ1) is 9.56. The van der Waals surface area contributed by atoms with Gasteiger partial charge in [-0.1, -0.05) is 0 Å². The van der Waals surface area contributed by atoms with Crippen LogP contribution in [-0.2, 0) is 11.2 Å². The highest BCUT2D eigenvalue weighted by molar-refractivity contribution is 6.02. The Hall–Kier alpha value is -1.95. The molecule has 1 aromatic rings. The molecule has 20 heavy (non-hydrogen) atoms.